The highest BCUT2D eigenvalue weighted by Gasteiger charge is 2.03. The molecule has 0 aromatic carbocycles. The van der Waals surface area contributed by atoms with E-state index in [1.165, 1.54) is 0 Å². The SMILES string of the molecule is CCOC(=O)CNC(=O)NCC=O. The standard InChI is InChI=1S/C7H12N2O4/c1-2-13-6(11)5-9-7(12)8-3-4-10/h4H,2-3,5H2,1H3,(H2,8,9,12). The van der Waals surface area contributed by atoms with Crippen molar-refractivity contribution in [2.24, 2.45) is 0 Å². The number of esters is 1. The van der Waals surface area contributed by atoms with Crippen molar-refractivity contribution in [2.75, 3.05) is 19.7 Å². The largest absolute Gasteiger partial charge is 0.465 e. The molecule has 0 aliphatic carbocycles. The molecule has 13 heavy (non-hydrogen) atoms. The molecule has 0 saturated carbocycles. The molecule has 0 spiro atoms. The molecule has 0 saturated heterocycles. The first-order valence-corrected chi connectivity index (χ1v) is 3.81. The predicted octanol–water partition coefficient (Wildman–Crippen LogP) is -0.952. The summed E-state index contributed by atoms with van der Waals surface area (Å²) in [5, 5.41) is 4.42. The van der Waals surface area contributed by atoms with Gasteiger partial charge in [-0.2, -0.15) is 0 Å². The van der Waals surface area contributed by atoms with Crippen LogP contribution in [0.2, 0.25) is 0 Å². The average Bonchev–Trinajstić information content (AvgIpc) is 2.12. The monoisotopic (exact) mass is 188 g/mol. The topological polar surface area (TPSA) is 84.5 Å². The van der Waals surface area contributed by atoms with Crippen molar-refractivity contribution < 1.29 is 19.1 Å². The lowest BCUT2D eigenvalue weighted by Gasteiger charge is -2.04. The van der Waals surface area contributed by atoms with Crippen molar-refractivity contribution in [3.05, 3.63) is 0 Å². The smallest absolute Gasteiger partial charge is 0.325 e. The molecule has 0 bridgehead atoms. The Kier molecular flexibility index (Phi) is 6.21. The molecule has 0 aromatic heterocycles. The average molecular weight is 188 g/mol. The maximum Gasteiger partial charge on any atom is 0.325 e. The fourth-order valence-corrected chi connectivity index (χ4v) is 0.561. The number of rotatable bonds is 5. The third-order valence-corrected chi connectivity index (χ3v) is 1.04. The highest BCUT2D eigenvalue weighted by Crippen LogP contribution is 1.74. The minimum Gasteiger partial charge on any atom is -0.465 e. The van der Waals surface area contributed by atoms with Gasteiger partial charge >= 0.3 is 12.0 Å². The van der Waals surface area contributed by atoms with E-state index in [1.807, 2.05) is 0 Å². The molecule has 6 heteroatoms. The van der Waals surface area contributed by atoms with Gasteiger partial charge in [0.05, 0.1) is 13.2 Å². The Hall–Kier alpha value is -1.59. The summed E-state index contributed by atoms with van der Waals surface area (Å²) < 4.78 is 4.55. The number of hydrogen-bond acceptors (Lipinski definition) is 4. The summed E-state index contributed by atoms with van der Waals surface area (Å²) in [5.41, 5.74) is 0. The third kappa shape index (κ3) is 6.79. The molecule has 2 N–H and O–H groups in total. The first-order valence-electron chi connectivity index (χ1n) is 3.81. The number of ether oxygens (including phenoxy) is 1. The second-order valence-corrected chi connectivity index (χ2v) is 2.04. The van der Waals surface area contributed by atoms with Gasteiger partial charge in [0.2, 0.25) is 0 Å². The summed E-state index contributed by atoms with van der Waals surface area (Å²) in [6.45, 7) is 1.67. The zero-order valence-electron chi connectivity index (χ0n) is 7.33. The lowest BCUT2D eigenvalue weighted by Crippen LogP contribution is -2.39. The maximum absolute atomic E-state index is 10.7. The fraction of sp³-hybridized carbons (Fsp3) is 0.571. The summed E-state index contributed by atoms with van der Waals surface area (Å²) in [6, 6.07) is -0.569. The first-order chi connectivity index (χ1) is 6.20. The molecule has 0 atom stereocenters. The van der Waals surface area contributed by atoms with Crippen LogP contribution in [-0.4, -0.2) is 38.0 Å². The highest BCUT2D eigenvalue weighted by atomic mass is 16.5. The van der Waals surface area contributed by atoms with Crippen LogP contribution in [0.5, 0.6) is 0 Å². The number of nitrogens with one attached hydrogen (secondary N) is 2. The van der Waals surface area contributed by atoms with Crippen molar-refractivity contribution in [1.29, 1.82) is 0 Å². The van der Waals surface area contributed by atoms with Crippen molar-refractivity contribution in [3.63, 3.8) is 0 Å². The van der Waals surface area contributed by atoms with Crippen LogP contribution in [0.25, 0.3) is 0 Å². The van der Waals surface area contributed by atoms with Gasteiger partial charge in [-0.05, 0) is 6.92 Å². The van der Waals surface area contributed by atoms with Gasteiger partial charge in [0.1, 0.15) is 12.8 Å². The van der Waals surface area contributed by atoms with Crippen LogP contribution in [0, 0.1) is 0 Å². The van der Waals surface area contributed by atoms with Crippen LogP contribution in [0.3, 0.4) is 0 Å². The van der Waals surface area contributed by atoms with Crippen molar-refractivity contribution in [1.82, 2.24) is 10.6 Å². The Labute approximate surface area is 75.6 Å². The van der Waals surface area contributed by atoms with Gasteiger partial charge in [-0.1, -0.05) is 0 Å². The molecular weight excluding hydrogens is 176 g/mol. The second kappa shape index (κ2) is 7.08. The van der Waals surface area contributed by atoms with Gasteiger partial charge in [-0.25, -0.2) is 4.79 Å². The van der Waals surface area contributed by atoms with Crippen LogP contribution in [0.4, 0.5) is 4.79 Å². The summed E-state index contributed by atoms with van der Waals surface area (Å²) in [7, 11) is 0. The summed E-state index contributed by atoms with van der Waals surface area (Å²) in [4.78, 5) is 31.2. The van der Waals surface area contributed by atoms with Gasteiger partial charge in [0.15, 0.2) is 0 Å². The van der Waals surface area contributed by atoms with Crippen molar-refractivity contribution in [2.45, 2.75) is 6.92 Å². The third-order valence-electron chi connectivity index (χ3n) is 1.04. The zero-order chi connectivity index (χ0) is 10.1. The van der Waals surface area contributed by atoms with E-state index in [4.69, 9.17) is 0 Å². The molecule has 0 aromatic rings. The Bertz CT molecular complexity index is 193. The van der Waals surface area contributed by atoms with Gasteiger partial charge in [-0.15, -0.1) is 0 Å². The first kappa shape index (κ1) is 11.4. The summed E-state index contributed by atoms with van der Waals surface area (Å²) in [5.74, 6) is -0.510. The molecule has 74 valence electrons. The quantitative estimate of drug-likeness (QED) is 0.430. The Morgan fingerprint density at radius 2 is 2.08 bits per heavy atom. The molecule has 0 rings (SSSR count). The van der Waals surface area contributed by atoms with E-state index >= 15 is 0 Å². The Morgan fingerprint density at radius 1 is 1.38 bits per heavy atom. The Morgan fingerprint density at radius 3 is 2.62 bits per heavy atom. The normalized spacial score (nSPS) is 8.69. The van der Waals surface area contributed by atoms with Crippen LogP contribution >= 0.6 is 0 Å². The highest BCUT2D eigenvalue weighted by molar-refractivity contribution is 5.81. The van der Waals surface area contributed by atoms with Gasteiger partial charge in [0, 0.05) is 0 Å². The van der Waals surface area contributed by atoms with E-state index in [-0.39, 0.29) is 19.7 Å². The van der Waals surface area contributed by atoms with Crippen molar-refractivity contribution in [3.8, 4) is 0 Å². The molecule has 0 fully saturated rings. The van der Waals surface area contributed by atoms with E-state index in [0.29, 0.717) is 6.29 Å². The summed E-state index contributed by atoms with van der Waals surface area (Å²) >= 11 is 0. The molecule has 0 aliphatic heterocycles. The van der Waals surface area contributed by atoms with Crippen molar-refractivity contribution >= 4 is 18.3 Å². The van der Waals surface area contributed by atoms with Crippen LogP contribution < -0.4 is 10.6 Å². The number of carbonyl (C=O) groups is 3. The Balaban J connectivity index is 3.45. The lowest BCUT2D eigenvalue weighted by molar-refractivity contribution is -0.141. The van der Waals surface area contributed by atoms with E-state index in [2.05, 4.69) is 15.4 Å². The van der Waals surface area contributed by atoms with E-state index < -0.39 is 12.0 Å². The summed E-state index contributed by atoms with van der Waals surface area (Å²) in [6.07, 6.45) is 0.546. The number of aldehydes is 1. The number of hydrogen-bond donors (Lipinski definition) is 2. The van der Waals surface area contributed by atoms with E-state index in [9.17, 15) is 14.4 Å². The maximum atomic E-state index is 10.7. The van der Waals surface area contributed by atoms with Gasteiger partial charge < -0.3 is 20.2 Å². The number of amides is 2. The van der Waals surface area contributed by atoms with Gasteiger partial charge in [-0.3, -0.25) is 4.79 Å². The second-order valence-electron chi connectivity index (χ2n) is 2.04. The molecule has 6 nitrogen and oxygen atoms in total. The molecule has 2 amide bonds. The number of urea groups is 1. The molecule has 0 aliphatic rings. The van der Waals surface area contributed by atoms with Gasteiger partial charge in [0.25, 0.3) is 0 Å². The zero-order valence-corrected chi connectivity index (χ0v) is 7.33. The fourth-order valence-electron chi connectivity index (χ4n) is 0.561. The van der Waals surface area contributed by atoms with E-state index in [1.54, 1.807) is 6.92 Å². The van der Waals surface area contributed by atoms with Crippen LogP contribution in [0.15, 0.2) is 0 Å². The minimum atomic E-state index is -0.569. The molecule has 0 heterocycles. The molecule has 0 unspecified atom stereocenters. The van der Waals surface area contributed by atoms with Crippen LogP contribution in [-0.2, 0) is 14.3 Å². The lowest BCUT2D eigenvalue weighted by atomic mass is 10.6. The predicted molar refractivity (Wildman–Crippen MR) is 44.1 cm³/mol. The molecule has 0 radical (unpaired) electrons. The minimum absolute atomic E-state index is 0.0747. The van der Waals surface area contributed by atoms with Crippen LogP contribution in [0.1, 0.15) is 6.92 Å². The van der Waals surface area contributed by atoms with E-state index in [0.717, 1.165) is 0 Å². The number of carbonyl (C=O) groups excluding carboxylic acids is 3. The molecular formula is C7H12N2O4.